The monoisotopic (exact) mass is 1640 g/mol. The number of benzene rings is 5. The van der Waals surface area contributed by atoms with Gasteiger partial charge in [0, 0.05) is 93.6 Å². The molecule has 1 fully saturated rings. The summed E-state index contributed by atoms with van der Waals surface area (Å²) in [6.45, 7) is 41.6. The van der Waals surface area contributed by atoms with Crippen molar-refractivity contribution in [1.29, 1.82) is 0 Å². The summed E-state index contributed by atoms with van der Waals surface area (Å²) in [6, 6.07) is 48.7. The molecule has 4 N–H and O–H groups in total. The highest BCUT2D eigenvalue weighted by molar-refractivity contribution is 9.12. The van der Waals surface area contributed by atoms with Crippen molar-refractivity contribution in [3.63, 3.8) is 0 Å². The topological polar surface area (TPSA) is 137 Å². The van der Waals surface area contributed by atoms with Crippen molar-refractivity contribution in [2.75, 3.05) is 6.54 Å². The fraction of sp³-hybridized carbons (Fsp3) is 0.260. The third-order valence-electron chi connectivity index (χ3n) is 24.6. The van der Waals surface area contributed by atoms with Crippen LogP contribution < -0.4 is 16.0 Å². The van der Waals surface area contributed by atoms with E-state index in [2.05, 4.69) is 314 Å². The molecule has 10 aliphatic heterocycles. The van der Waals surface area contributed by atoms with Crippen LogP contribution in [0.2, 0.25) is 0 Å². The van der Waals surface area contributed by atoms with Crippen molar-refractivity contribution in [3.8, 4) is 22.3 Å². The van der Waals surface area contributed by atoms with Gasteiger partial charge in [-0.1, -0.05) is 119 Å². The van der Waals surface area contributed by atoms with E-state index in [0.717, 1.165) is 96.4 Å². The van der Waals surface area contributed by atoms with Gasteiger partial charge in [0.25, 0.3) is 0 Å². The lowest BCUT2D eigenvalue weighted by Gasteiger charge is -2.40. The molecular weight excluding hydrogens is 1530 g/mol. The molecule has 0 saturated carbocycles. The molecule has 1 saturated heterocycles. The first-order valence-electron chi connectivity index (χ1n) is 40.7. The maximum atomic E-state index is 10.6. The highest BCUT2D eigenvalue weighted by Crippen LogP contribution is 2.52. The lowest BCUT2D eigenvalue weighted by Crippen LogP contribution is -2.70. The van der Waals surface area contributed by atoms with Gasteiger partial charge in [-0.05, 0) is 335 Å². The van der Waals surface area contributed by atoms with Crippen molar-refractivity contribution in [2.45, 2.75) is 176 Å². The van der Waals surface area contributed by atoms with Crippen LogP contribution in [0, 0.1) is 104 Å². The normalized spacial score (nSPS) is 16.8. The predicted octanol–water partition coefficient (Wildman–Crippen LogP) is 22.1. The minimum atomic E-state index is -0.664. The van der Waals surface area contributed by atoms with Crippen molar-refractivity contribution in [2.24, 2.45) is 0 Å². The molecule has 1 atom stereocenters. The molecule has 6 aromatic heterocycles. The van der Waals surface area contributed by atoms with Crippen LogP contribution >= 0.6 is 15.9 Å². The molecule has 601 valence electrons. The van der Waals surface area contributed by atoms with Gasteiger partial charge in [0.2, 0.25) is 22.8 Å². The van der Waals surface area contributed by atoms with E-state index >= 15 is 0 Å². The Morgan fingerprint density at radius 1 is 0.496 bits per heavy atom. The van der Waals surface area contributed by atoms with E-state index in [9.17, 15) is 4.79 Å². The quantitative estimate of drug-likeness (QED) is 0.0713. The smallest absolute Gasteiger partial charge is 0.405 e. The number of aromatic amines is 3. The first-order chi connectivity index (χ1) is 56.0. The molecule has 1 unspecified atom stereocenters. The molecule has 21 rings (SSSR count). The first kappa shape index (κ1) is 82.4. The van der Waals surface area contributed by atoms with Gasteiger partial charge in [-0.2, -0.15) is 9.13 Å². The molecule has 15 heteroatoms. The second-order valence-corrected chi connectivity index (χ2v) is 34.8. The SMILES string of the molecule is C.C.C1=C(Cc2ccc[nH]2)NCC1.CC1(C)O[B]OC1(C)C.Cc1cc(C)c(-c2c3nc(cc4ccc([nH]4)c(-c4c(C)cc(C)cc4C)c4ccc(cc5nc2C=C5)[nH]4)C=C3)c(C)c1.Cc1cc(C)c(C2=C3C=CC4=[N+]3C35n6c(ccc62)C=c2ccc(n23)=C(c2c(C)cc(C)cc2C)C2=[N+]5C(=C4Br)C=C2)c(C)c1.Cc1cc(C)c(C=O)c(C)c1. The minimum Gasteiger partial charge on any atom is -0.405 e. The van der Waals surface area contributed by atoms with Gasteiger partial charge in [0.1, 0.15) is 0 Å². The molecule has 1 radical (unpaired) electrons. The Morgan fingerprint density at radius 2 is 0.975 bits per heavy atom. The largest absolute Gasteiger partial charge is 0.553 e. The summed E-state index contributed by atoms with van der Waals surface area (Å²) in [5.41, 5.74) is 46.9. The molecule has 119 heavy (non-hydrogen) atoms. The molecule has 5 aromatic carbocycles. The van der Waals surface area contributed by atoms with Gasteiger partial charge in [0.05, 0.1) is 67.2 Å². The molecule has 13 nitrogen and oxygen atoms in total. The first-order valence-corrected chi connectivity index (χ1v) is 41.5. The van der Waals surface area contributed by atoms with E-state index in [1.54, 1.807) is 0 Å². The number of carbonyl (C=O) groups excluding carboxylic acids is 1. The summed E-state index contributed by atoms with van der Waals surface area (Å²) in [4.78, 5) is 31.4. The minimum absolute atomic E-state index is 0. The fourth-order valence-corrected chi connectivity index (χ4v) is 19.9. The van der Waals surface area contributed by atoms with E-state index in [-0.39, 0.29) is 26.1 Å². The maximum Gasteiger partial charge on any atom is 0.553 e. The number of allylic oxidation sites excluding steroid dienone is 6. The molecule has 0 aliphatic carbocycles. The lowest BCUT2D eigenvalue weighted by molar-refractivity contribution is -0.836. The maximum absolute atomic E-state index is 10.6. The van der Waals surface area contributed by atoms with Crippen molar-refractivity contribution in [3.05, 3.63) is 342 Å². The van der Waals surface area contributed by atoms with Crippen LogP contribution in [0.1, 0.15) is 194 Å². The third kappa shape index (κ3) is 14.2. The number of aryl methyl sites for hydroxylation is 15. The van der Waals surface area contributed by atoms with Crippen LogP contribution in [0.15, 0.2) is 192 Å². The average Bonchev–Trinajstić information content (AvgIpc) is 1.51. The fourth-order valence-electron chi connectivity index (χ4n) is 19.3. The van der Waals surface area contributed by atoms with Gasteiger partial charge in [-0.3, -0.25) is 4.79 Å². The number of carbonyl (C=O) groups is 1. The lowest BCUT2D eigenvalue weighted by atomic mass is 9.88. The Balaban J connectivity index is 0.000000135. The van der Waals surface area contributed by atoms with E-state index < -0.39 is 5.91 Å². The molecular formula is C104H109BBrN10O3+2. The van der Waals surface area contributed by atoms with Crippen molar-refractivity contribution in [1.82, 2.24) is 39.4 Å². The third-order valence-corrected chi connectivity index (χ3v) is 25.4. The van der Waals surface area contributed by atoms with Crippen molar-refractivity contribution >= 4 is 105 Å². The Hall–Kier alpha value is -11.7. The number of nitrogens with zero attached hydrogens (tertiary/aromatic N) is 6. The number of nitrogens with one attached hydrogen (secondary N) is 4. The number of hydrogen-bond donors (Lipinski definition) is 4. The number of halogens is 1. The molecule has 8 bridgehead atoms. The van der Waals surface area contributed by atoms with Gasteiger partial charge >= 0.3 is 13.6 Å². The highest BCUT2D eigenvalue weighted by Gasteiger charge is 2.72. The van der Waals surface area contributed by atoms with Gasteiger partial charge in [-0.25, -0.2) is 9.97 Å². The second kappa shape index (κ2) is 31.5. The van der Waals surface area contributed by atoms with Crippen LogP contribution in [-0.4, -0.2) is 86.3 Å². The molecule has 11 aromatic rings. The van der Waals surface area contributed by atoms with E-state index in [1.165, 1.54) is 176 Å². The molecule has 16 heterocycles. The zero-order chi connectivity index (χ0) is 82.2. The highest BCUT2D eigenvalue weighted by atomic mass is 79.9. The zero-order valence-electron chi connectivity index (χ0n) is 70.6. The summed E-state index contributed by atoms with van der Waals surface area (Å²) < 4.78 is 21.9. The Bertz CT molecular complexity index is 6530. The van der Waals surface area contributed by atoms with Gasteiger partial charge < -0.3 is 29.6 Å². The Labute approximate surface area is 710 Å². The number of rotatable bonds is 7. The number of H-pyrrole nitrogens is 3. The number of aldehydes is 1. The molecule has 0 amide bonds. The van der Waals surface area contributed by atoms with Crippen LogP contribution in [-0.2, 0) is 21.6 Å². The Morgan fingerprint density at radius 3 is 1.45 bits per heavy atom. The van der Waals surface area contributed by atoms with E-state index in [1.807, 2.05) is 72.9 Å². The Kier molecular flexibility index (Phi) is 21.8. The summed E-state index contributed by atoms with van der Waals surface area (Å²) >= 11 is 4.12. The van der Waals surface area contributed by atoms with Crippen molar-refractivity contribution < 1.29 is 23.3 Å². The van der Waals surface area contributed by atoms with E-state index in [0.29, 0.717) is 0 Å². The molecule has 1 spiro atoms. The van der Waals surface area contributed by atoms with Gasteiger partial charge in [0.15, 0.2) is 10.8 Å². The predicted molar refractivity (Wildman–Crippen MR) is 499 cm³/mol. The van der Waals surface area contributed by atoms with E-state index in [4.69, 9.17) is 19.3 Å². The van der Waals surface area contributed by atoms with Gasteiger partial charge in [-0.15, -0.1) is 0 Å². The second-order valence-electron chi connectivity index (χ2n) is 34.0. The summed E-state index contributed by atoms with van der Waals surface area (Å²) in [6.07, 6.45) is 27.4. The number of hydrogen-bond acceptors (Lipinski definition) is 6. The summed E-state index contributed by atoms with van der Waals surface area (Å²) in [5.74, 6) is -0.664. The zero-order valence-corrected chi connectivity index (χ0v) is 72.2. The van der Waals surface area contributed by atoms with Crippen LogP contribution in [0.25, 0.3) is 85.8 Å². The molecule has 10 aliphatic rings. The standard InChI is InChI=1S/C39H31BrN4.C38H34N4.C10H12O.C9H12N2.C6H12BO2.2CH4/c1-20-15-22(3)34(23(4)16-20)36-28-9-7-26-19-27-8-10-29-37(35-24(5)17-21(2)18-25(35)6)31-12-14-33-38(40)32-13-11-30(36)43(32)39(41(26)28,42(27)29)44(31)33;1-21-15-23(3)35(24(4)16-21)37-31-11-7-27(39-31)19-29-9-13-33(41-29)38(36-25(5)17-22(2)18-26(36)6)34-14-10-30(42-34)20-28-8-12-32(37)40-28;1-7-4-8(2)10(6-11)9(3)5-7;1-3-8(10-5-1)7-9-4-2-6-11-9;1-5(2)6(3,4)9-7-8-5;;/h7-19H,1-6H3;7-20,39-40H,1-6H3;4-6H,1-3H3;1,3-5,10-11H,2,6-7H2;1-4H3;2*1H4/q+2;;;;;;. The summed E-state index contributed by atoms with van der Waals surface area (Å²) in [5, 5.41) is 5.81. The number of aromatic nitrogens is 7. The average molecular weight is 1640 g/mol. The van der Waals surface area contributed by atoms with Crippen LogP contribution in [0.5, 0.6) is 0 Å². The summed E-state index contributed by atoms with van der Waals surface area (Å²) in [7, 11) is 1.42. The number of fused-ring (bicyclic) bond motifs is 8. The van der Waals surface area contributed by atoms with Crippen LogP contribution in [0.4, 0.5) is 0 Å². The van der Waals surface area contributed by atoms with Crippen LogP contribution in [0.3, 0.4) is 0 Å².